The molecule has 1 atom stereocenters. The van der Waals surface area contributed by atoms with Crippen LogP contribution in [0.1, 0.15) is 27.2 Å². The van der Waals surface area contributed by atoms with E-state index in [1.165, 1.54) is 13.8 Å². The standard InChI is InChI=1S/C4H8.2C2H4O2.2Sn/c1-3-4-2;2*1-2(3)4;;/h4H,1,3H2,2H3;2*1H3,(H,3,4);;/q;;;2*+1/p-2. The quantitative estimate of drug-likeness (QED) is 0.483. The molecule has 0 saturated heterocycles. The summed E-state index contributed by atoms with van der Waals surface area (Å²) in [7, 11) is 0. The third kappa shape index (κ3) is 10.6. The van der Waals surface area contributed by atoms with E-state index in [0.29, 0.717) is 3.93 Å². The monoisotopic (exact) mass is 414 g/mol. The van der Waals surface area contributed by atoms with E-state index in [1.54, 1.807) is 0 Å². The molecule has 0 aliphatic rings. The second-order valence-electron chi connectivity index (χ2n) is 2.89. The first kappa shape index (κ1) is 14.5. The summed E-state index contributed by atoms with van der Waals surface area (Å²) < 4.78 is 11.5. The Morgan fingerprint density at radius 1 is 1.21 bits per heavy atom. The van der Waals surface area contributed by atoms with Gasteiger partial charge in [0.1, 0.15) is 0 Å². The molecule has 0 rings (SSSR count). The van der Waals surface area contributed by atoms with Gasteiger partial charge < -0.3 is 0 Å². The molecular formula is C8H14O4Sn2. The Kier molecular flexibility index (Phi) is 9.15. The molecule has 0 saturated carbocycles. The first-order chi connectivity index (χ1) is 6.52. The predicted molar refractivity (Wildman–Crippen MR) is 53.9 cm³/mol. The van der Waals surface area contributed by atoms with Gasteiger partial charge in [-0.2, -0.15) is 0 Å². The molecule has 4 radical (unpaired) electrons. The van der Waals surface area contributed by atoms with E-state index in [-0.39, 0.29) is 11.9 Å². The molecule has 1 unspecified atom stereocenters. The minimum atomic E-state index is -0.988. The normalized spacial score (nSPS) is 11.9. The van der Waals surface area contributed by atoms with Crippen molar-refractivity contribution in [3.8, 4) is 0 Å². The van der Waals surface area contributed by atoms with Crippen LogP contribution in [0, 0.1) is 0 Å². The van der Waals surface area contributed by atoms with Gasteiger partial charge in [-0.15, -0.1) is 0 Å². The number of rotatable bonds is 6. The molecule has 0 aliphatic heterocycles. The first-order valence-electron chi connectivity index (χ1n) is 4.35. The Balaban J connectivity index is 3.30. The predicted octanol–water partition coefficient (Wildman–Crippen LogP) is 0.968. The van der Waals surface area contributed by atoms with Crippen LogP contribution in [0.4, 0.5) is 0 Å². The summed E-state index contributed by atoms with van der Waals surface area (Å²) in [4.78, 5) is 21.0. The Hall–Kier alpha value is 0.537. The van der Waals surface area contributed by atoms with Crippen LogP contribution < -0.4 is 0 Å². The average molecular weight is 412 g/mol. The summed E-state index contributed by atoms with van der Waals surface area (Å²) in [6.07, 6.45) is 1.04. The number of hydrogen-bond donors (Lipinski definition) is 0. The van der Waals surface area contributed by atoms with Crippen LogP contribution in [0.3, 0.4) is 0 Å². The van der Waals surface area contributed by atoms with E-state index in [1.807, 2.05) is 0 Å². The number of carbonyl (C=O) groups is 2. The molecule has 0 amide bonds. The molecule has 0 bridgehead atoms. The molecule has 0 spiro atoms. The van der Waals surface area contributed by atoms with Crippen LogP contribution >= 0.6 is 0 Å². The molecule has 0 aromatic carbocycles. The van der Waals surface area contributed by atoms with Gasteiger partial charge in [-0.05, 0) is 0 Å². The zero-order valence-electron chi connectivity index (χ0n) is 8.62. The summed E-state index contributed by atoms with van der Waals surface area (Å²) in [5, 5.41) is 0. The van der Waals surface area contributed by atoms with Crippen molar-refractivity contribution in [3.63, 3.8) is 0 Å². The van der Waals surface area contributed by atoms with E-state index in [9.17, 15) is 9.59 Å². The fourth-order valence-electron chi connectivity index (χ4n) is 0.671. The summed E-state index contributed by atoms with van der Waals surface area (Å²) in [6, 6.07) is 0. The van der Waals surface area contributed by atoms with Gasteiger partial charge in [0, 0.05) is 0 Å². The molecule has 6 heteroatoms. The van der Waals surface area contributed by atoms with E-state index in [2.05, 4.69) is 6.92 Å². The molecule has 0 fully saturated rings. The van der Waals surface area contributed by atoms with Crippen LogP contribution in [-0.2, 0) is 15.7 Å². The summed E-state index contributed by atoms with van der Waals surface area (Å²) in [5.41, 5.74) is 0. The van der Waals surface area contributed by atoms with Gasteiger partial charge in [0.2, 0.25) is 0 Å². The SMILES string of the molecule is CC(=O)[O][Sn][CH2]C[CH](C)[Sn][O]C(C)=O. The Bertz CT molecular complexity index is 196. The van der Waals surface area contributed by atoms with E-state index < -0.39 is 43.1 Å². The van der Waals surface area contributed by atoms with Crippen LogP contribution in [0.25, 0.3) is 0 Å². The molecule has 0 aromatic rings. The molecule has 4 nitrogen and oxygen atoms in total. The van der Waals surface area contributed by atoms with Crippen LogP contribution in [0.15, 0.2) is 0 Å². The van der Waals surface area contributed by atoms with E-state index in [0.717, 1.165) is 10.9 Å². The van der Waals surface area contributed by atoms with E-state index >= 15 is 0 Å². The van der Waals surface area contributed by atoms with Crippen molar-refractivity contribution in [1.29, 1.82) is 0 Å². The third-order valence-electron chi connectivity index (χ3n) is 1.30. The fourth-order valence-corrected chi connectivity index (χ4v) is 7.26. The van der Waals surface area contributed by atoms with Crippen LogP contribution in [0.2, 0.25) is 8.37 Å². The molecule has 14 heavy (non-hydrogen) atoms. The minimum absolute atomic E-state index is 0.163. The maximum absolute atomic E-state index is 10.5. The molecule has 0 N–H and O–H groups in total. The second-order valence-corrected chi connectivity index (χ2v) is 9.79. The fraction of sp³-hybridized carbons (Fsp3) is 0.750. The summed E-state index contributed by atoms with van der Waals surface area (Å²) in [5.74, 6) is -0.326. The van der Waals surface area contributed by atoms with Crippen molar-refractivity contribution >= 4 is 55.1 Å². The van der Waals surface area contributed by atoms with Gasteiger partial charge in [-0.1, -0.05) is 0 Å². The van der Waals surface area contributed by atoms with Crippen molar-refractivity contribution in [3.05, 3.63) is 0 Å². The Morgan fingerprint density at radius 2 is 1.79 bits per heavy atom. The summed E-state index contributed by atoms with van der Waals surface area (Å²) in [6.45, 7) is 4.99. The van der Waals surface area contributed by atoms with Gasteiger partial charge in [0.15, 0.2) is 0 Å². The number of hydrogen-bond acceptors (Lipinski definition) is 4. The van der Waals surface area contributed by atoms with Crippen molar-refractivity contribution in [2.24, 2.45) is 0 Å². The third-order valence-corrected chi connectivity index (χ3v) is 7.07. The van der Waals surface area contributed by atoms with Crippen molar-refractivity contribution < 1.29 is 15.7 Å². The zero-order chi connectivity index (χ0) is 11.0. The van der Waals surface area contributed by atoms with Gasteiger partial charge >= 0.3 is 106 Å². The van der Waals surface area contributed by atoms with Gasteiger partial charge in [-0.3, -0.25) is 0 Å². The van der Waals surface area contributed by atoms with Gasteiger partial charge in [0.05, 0.1) is 0 Å². The maximum atomic E-state index is 10.5. The molecule has 0 aromatic heterocycles. The van der Waals surface area contributed by atoms with Crippen LogP contribution in [-0.4, -0.2) is 55.1 Å². The van der Waals surface area contributed by atoms with Gasteiger partial charge in [-0.25, -0.2) is 0 Å². The number of carbonyl (C=O) groups excluding carboxylic acids is 2. The molecule has 78 valence electrons. The molecule has 0 heterocycles. The zero-order valence-corrected chi connectivity index (χ0v) is 14.3. The second kappa shape index (κ2) is 8.81. The van der Waals surface area contributed by atoms with Crippen molar-refractivity contribution in [1.82, 2.24) is 0 Å². The van der Waals surface area contributed by atoms with Crippen molar-refractivity contribution in [2.45, 2.75) is 35.6 Å². The summed E-state index contributed by atoms with van der Waals surface area (Å²) >= 11 is -1.92. The Morgan fingerprint density at radius 3 is 2.29 bits per heavy atom. The first-order valence-corrected chi connectivity index (χ1v) is 10.3. The van der Waals surface area contributed by atoms with Gasteiger partial charge in [0.25, 0.3) is 0 Å². The average Bonchev–Trinajstić information content (AvgIpc) is 2.08. The Labute approximate surface area is 106 Å². The van der Waals surface area contributed by atoms with Crippen LogP contribution in [0.5, 0.6) is 0 Å². The molecule has 0 aliphatic carbocycles. The van der Waals surface area contributed by atoms with E-state index in [4.69, 9.17) is 6.15 Å². The topological polar surface area (TPSA) is 52.6 Å². The van der Waals surface area contributed by atoms with Crippen molar-refractivity contribution in [2.75, 3.05) is 0 Å². The molecular weight excluding hydrogens is 398 g/mol.